The molecule has 0 bridgehead atoms. The average molecular weight is 307 g/mol. The first-order valence-corrected chi connectivity index (χ1v) is 7.34. The summed E-state index contributed by atoms with van der Waals surface area (Å²) in [5.41, 5.74) is 0.907. The number of hydrogen-bond donors (Lipinski definition) is 0. The van der Waals surface area contributed by atoms with Crippen LogP contribution >= 0.6 is 11.6 Å². The Kier molecular flexibility index (Phi) is 5.02. The Labute approximate surface area is 130 Å². The summed E-state index contributed by atoms with van der Waals surface area (Å²) in [5, 5.41) is 0.634. The highest BCUT2D eigenvalue weighted by molar-refractivity contribution is 6.30. The molecule has 1 aliphatic rings. The minimum atomic E-state index is -0.0798. The van der Waals surface area contributed by atoms with Crippen LogP contribution in [0, 0.1) is 0 Å². The van der Waals surface area contributed by atoms with Crippen LogP contribution in [0.15, 0.2) is 36.9 Å². The normalized spacial score (nSPS) is 18.5. The molecule has 1 unspecified atom stereocenters. The maximum Gasteiger partial charge on any atom is 0.246 e. The van der Waals surface area contributed by atoms with E-state index in [1.54, 1.807) is 11.0 Å². The molecule has 1 heterocycles. The zero-order valence-corrected chi connectivity index (χ0v) is 12.8. The van der Waals surface area contributed by atoms with E-state index in [9.17, 15) is 9.59 Å². The molecule has 21 heavy (non-hydrogen) atoms. The van der Waals surface area contributed by atoms with E-state index >= 15 is 0 Å². The Morgan fingerprint density at radius 1 is 1.43 bits per heavy atom. The van der Waals surface area contributed by atoms with Crippen molar-refractivity contribution in [1.82, 2.24) is 9.80 Å². The van der Waals surface area contributed by atoms with Crippen LogP contribution in [0.25, 0.3) is 0 Å². The van der Waals surface area contributed by atoms with Crippen LogP contribution in [0.3, 0.4) is 0 Å². The third-order valence-electron chi connectivity index (χ3n) is 3.68. The Hall–Kier alpha value is -1.81. The van der Waals surface area contributed by atoms with Gasteiger partial charge in [-0.3, -0.25) is 9.59 Å². The van der Waals surface area contributed by atoms with Gasteiger partial charge in [0.1, 0.15) is 0 Å². The van der Waals surface area contributed by atoms with Crippen molar-refractivity contribution in [1.29, 1.82) is 0 Å². The monoisotopic (exact) mass is 306 g/mol. The highest BCUT2D eigenvalue weighted by Gasteiger charge is 2.28. The highest BCUT2D eigenvalue weighted by Crippen LogP contribution is 2.15. The Bertz CT molecular complexity index is 559. The van der Waals surface area contributed by atoms with Gasteiger partial charge in [0, 0.05) is 30.7 Å². The first-order chi connectivity index (χ1) is 10.0. The summed E-state index contributed by atoms with van der Waals surface area (Å²) in [7, 11) is 0. The molecule has 5 heteroatoms. The third-order valence-corrected chi connectivity index (χ3v) is 3.91. The Morgan fingerprint density at radius 2 is 2.19 bits per heavy atom. The van der Waals surface area contributed by atoms with Gasteiger partial charge in [0.05, 0.1) is 6.42 Å². The van der Waals surface area contributed by atoms with Crippen LogP contribution in [-0.4, -0.2) is 47.3 Å². The second-order valence-electron chi connectivity index (χ2n) is 5.23. The number of rotatable bonds is 3. The molecule has 0 N–H and O–H groups in total. The molecule has 2 rings (SSSR count). The fraction of sp³-hybridized carbons (Fsp3) is 0.375. The molecule has 0 spiro atoms. The number of benzene rings is 1. The SMILES string of the molecule is C=CC(=O)N1CCN(C(=O)Cc2cccc(Cl)c2)C(C)C1. The number of amides is 2. The van der Waals surface area contributed by atoms with Gasteiger partial charge in [0.2, 0.25) is 11.8 Å². The van der Waals surface area contributed by atoms with Crippen molar-refractivity contribution in [3.05, 3.63) is 47.5 Å². The molecular formula is C16H19ClN2O2. The van der Waals surface area contributed by atoms with Crippen LogP contribution in [0.2, 0.25) is 5.02 Å². The van der Waals surface area contributed by atoms with Gasteiger partial charge in [0.25, 0.3) is 0 Å². The van der Waals surface area contributed by atoms with Crippen LogP contribution in [0.4, 0.5) is 0 Å². The molecular weight excluding hydrogens is 288 g/mol. The van der Waals surface area contributed by atoms with Gasteiger partial charge in [-0.05, 0) is 30.7 Å². The van der Waals surface area contributed by atoms with E-state index in [0.29, 0.717) is 31.1 Å². The largest absolute Gasteiger partial charge is 0.336 e. The summed E-state index contributed by atoms with van der Waals surface area (Å²) < 4.78 is 0. The highest BCUT2D eigenvalue weighted by atomic mass is 35.5. The number of piperazine rings is 1. The molecule has 1 fully saturated rings. The van der Waals surface area contributed by atoms with Gasteiger partial charge in [0.15, 0.2) is 0 Å². The van der Waals surface area contributed by atoms with E-state index in [2.05, 4.69) is 6.58 Å². The number of nitrogens with zero attached hydrogens (tertiary/aromatic N) is 2. The number of carbonyl (C=O) groups is 2. The van der Waals surface area contributed by atoms with E-state index in [1.807, 2.05) is 30.0 Å². The van der Waals surface area contributed by atoms with Gasteiger partial charge < -0.3 is 9.80 Å². The molecule has 1 atom stereocenters. The van der Waals surface area contributed by atoms with Crippen molar-refractivity contribution in [2.75, 3.05) is 19.6 Å². The van der Waals surface area contributed by atoms with Crippen molar-refractivity contribution >= 4 is 23.4 Å². The van der Waals surface area contributed by atoms with Crippen molar-refractivity contribution in [3.8, 4) is 0 Å². The summed E-state index contributed by atoms with van der Waals surface area (Å²) in [6.45, 7) is 7.11. The molecule has 0 aromatic heterocycles. The van der Waals surface area contributed by atoms with Gasteiger partial charge >= 0.3 is 0 Å². The number of halogens is 1. The maximum absolute atomic E-state index is 12.4. The minimum Gasteiger partial charge on any atom is -0.336 e. The van der Waals surface area contributed by atoms with Gasteiger partial charge in [-0.25, -0.2) is 0 Å². The van der Waals surface area contributed by atoms with E-state index < -0.39 is 0 Å². The molecule has 1 aliphatic heterocycles. The van der Waals surface area contributed by atoms with E-state index in [4.69, 9.17) is 11.6 Å². The lowest BCUT2D eigenvalue weighted by Gasteiger charge is -2.39. The fourth-order valence-electron chi connectivity index (χ4n) is 2.58. The standard InChI is InChI=1S/C16H19ClN2O2/c1-3-15(20)18-7-8-19(12(2)11-18)16(21)10-13-5-4-6-14(17)9-13/h3-6,9,12H,1,7-8,10-11H2,2H3. The van der Waals surface area contributed by atoms with Crippen molar-refractivity contribution < 1.29 is 9.59 Å². The lowest BCUT2D eigenvalue weighted by molar-refractivity contribution is -0.139. The first-order valence-electron chi connectivity index (χ1n) is 6.96. The second kappa shape index (κ2) is 6.76. The fourth-order valence-corrected chi connectivity index (χ4v) is 2.79. The van der Waals surface area contributed by atoms with Crippen molar-refractivity contribution in [2.45, 2.75) is 19.4 Å². The Morgan fingerprint density at radius 3 is 2.81 bits per heavy atom. The summed E-state index contributed by atoms with van der Waals surface area (Å²) in [4.78, 5) is 27.6. The molecule has 1 aromatic rings. The van der Waals surface area contributed by atoms with Crippen molar-refractivity contribution in [3.63, 3.8) is 0 Å². The summed E-state index contributed by atoms with van der Waals surface area (Å²) in [6.07, 6.45) is 1.65. The third kappa shape index (κ3) is 3.85. The molecule has 1 aromatic carbocycles. The van der Waals surface area contributed by atoms with E-state index in [-0.39, 0.29) is 17.9 Å². The maximum atomic E-state index is 12.4. The number of hydrogen-bond acceptors (Lipinski definition) is 2. The summed E-state index contributed by atoms with van der Waals surface area (Å²) in [5.74, 6) is -0.0146. The van der Waals surface area contributed by atoms with E-state index in [1.165, 1.54) is 6.08 Å². The molecule has 4 nitrogen and oxygen atoms in total. The lowest BCUT2D eigenvalue weighted by atomic mass is 10.1. The van der Waals surface area contributed by atoms with Crippen LogP contribution < -0.4 is 0 Å². The zero-order chi connectivity index (χ0) is 15.4. The second-order valence-corrected chi connectivity index (χ2v) is 5.67. The predicted molar refractivity (Wildman–Crippen MR) is 83.1 cm³/mol. The molecule has 0 aliphatic carbocycles. The molecule has 2 amide bonds. The van der Waals surface area contributed by atoms with Crippen LogP contribution in [0.1, 0.15) is 12.5 Å². The molecule has 1 saturated heterocycles. The van der Waals surface area contributed by atoms with Gasteiger partial charge in [-0.1, -0.05) is 30.3 Å². The zero-order valence-electron chi connectivity index (χ0n) is 12.1. The summed E-state index contributed by atoms with van der Waals surface area (Å²) >= 11 is 5.93. The van der Waals surface area contributed by atoms with Crippen LogP contribution in [-0.2, 0) is 16.0 Å². The first kappa shape index (κ1) is 15.6. The average Bonchev–Trinajstić information content (AvgIpc) is 2.46. The van der Waals surface area contributed by atoms with Crippen LogP contribution in [0.5, 0.6) is 0 Å². The predicted octanol–water partition coefficient (Wildman–Crippen LogP) is 2.13. The topological polar surface area (TPSA) is 40.6 Å². The minimum absolute atomic E-state index is 0.00864. The number of carbonyl (C=O) groups excluding carboxylic acids is 2. The molecule has 0 radical (unpaired) electrons. The van der Waals surface area contributed by atoms with Crippen molar-refractivity contribution in [2.24, 2.45) is 0 Å². The van der Waals surface area contributed by atoms with Gasteiger partial charge in [-0.15, -0.1) is 0 Å². The van der Waals surface area contributed by atoms with E-state index in [0.717, 1.165) is 5.56 Å². The Balaban J connectivity index is 1.98. The molecule has 0 saturated carbocycles. The lowest BCUT2D eigenvalue weighted by Crippen LogP contribution is -2.55. The smallest absolute Gasteiger partial charge is 0.246 e. The quantitative estimate of drug-likeness (QED) is 0.803. The summed E-state index contributed by atoms with van der Waals surface area (Å²) in [6, 6.07) is 7.34. The van der Waals surface area contributed by atoms with Gasteiger partial charge in [-0.2, -0.15) is 0 Å². The molecule has 112 valence electrons.